The molecule has 3 aromatic heterocycles. The van der Waals surface area contributed by atoms with E-state index in [0.717, 1.165) is 62.2 Å². The summed E-state index contributed by atoms with van der Waals surface area (Å²) in [6, 6.07) is 26.7. The molecule has 2 atom stereocenters. The largest absolute Gasteiger partial charge is 0.460 e. The number of thiophene rings is 1. The van der Waals surface area contributed by atoms with Crippen molar-refractivity contribution in [3.63, 3.8) is 0 Å². The second-order valence-corrected chi connectivity index (χ2v) is 15.9. The quantitative estimate of drug-likeness (QED) is 0.128. The Bertz CT molecular complexity index is 3030. The second kappa shape index (κ2) is 10.9. The van der Waals surface area contributed by atoms with Crippen molar-refractivity contribution < 1.29 is 4.42 Å². The summed E-state index contributed by atoms with van der Waals surface area (Å²) in [5.41, 5.74) is 9.09. The fourth-order valence-electron chi connectivity index (χ4n) is 8.82. The molecule has 8 aromatic rings. The van der Waals surface area contributed by atoms with Gasteiger partial charge in [-0.15, -0.1) is 11.3 Å². The van der Waals surface area contributed by atoms with Crippen molar-refractivity contribution in [2.24, 2.45) is 10.9 Å². The first-order valence-corrected chi connectivity index (χ1v) is 19.2. The van der Waals surface area contributed by atoms with Crippen LogP contribution in [0.2, 0.25) is 0 Å². The molecule has 0 saturated carbocycles. The smallest absolute Gasteiger partial charge is 0.152 e. The van der Waals surface area contributed by atoms with Crippen LogP contribution in [0.15, 0.2) is 130 Å². The number of halogens is 1. The Labute approximate surface area is 307 Å². The van der Waals surface area contributed by atoms with Gasteiger partial charge in [-0.05, 0) is 81.4 Å². The molecule has 5 aromatic carbocycles. The molecule has 3 aliphatic rings. The molecule has 51 heavy (non-hydrogen) atoms. The van der Waals surface area contributed by atoms with Crippen molar-refractivity contribution in [2.75, 3.05) is 0 Å². The van der Waals surface area contributed by atoms with Gasteiger partial charge in [-0.1, -0.05) is 110 Å². The van der Waals surface area contributed by atoms with Crippen LogP contribution < -0.4 is 0 Å². The summed E-state index contributed by atoms with van der Waals surface area (Å²) < 4.78 is 12.3. The highest BCUT2D eigenvalue weighted by Gasteiger charge is 2.30. The zero-order chi connectivity index (χ0) is 34.0. The van der Waals surface area contributed by atoms with Crippen LogP contribution in [0, 0.1) is 12.8 Å². The zero-order valence-electron chi connectivity index (χ0n) is 27.9. The standard InChI is InChI=1S/C46H31BrN2OS/c1-25-23-39-36(33-21-19-27-11-3-5-13-29(27)43(33)50-39)24-37(25)48-46(26(2)47)49-38-18-10-9-17-34(38)40-31-15-7-8-16-32(31)41-35-22-20-28-12-4-6-14-30(28)44(35)51-45(41)42(40)49/h3-5,7-13,15-24,27,29H,2,6,14H2,1H3. The SMILES string of the molecule is C=C(Br)C(=Nc1cc2c3c(oc2cc1C)C1C=CC=CC1C=C3)n1c2ccccc2c2c3ccccc3c3c4ccc5c(c4sc3c21)CCC=C5. The van der Waals surface area contributed by atoms with E-state index in [1.165, 1.54) is 58.4 Å². The Morgan fingerprint density at radius 2 is 1.67 bits per heavy atom. The number of nitrogens with zero attached hydrogens (tertiary/aromatic N) is 2. The topological polar surface area (TPSA) is 30.4 Å². The van der Waals surface area contributed by atoms with Gasteiger partial charge in [-0.25, -0.2) is 4.99 Å². The molecule has 0 radical (unpaired) electrons. The van der Waals surface area contributed by atoms with Gasteiger partial charge >= 0.3 is 0 Å². The molecule has 0 amide bonds. The van der Waals surface area contributed by atoms with E-state index in [9.17, 15) is 0 Å². The maximum atomic E-state index is 6.57. The molecule has 11 rings (SSSR count). The molecule has 2 unspecified atom stereocenters. The maximum Gasteiger partial charge on any atom is 0.152 e. The highest BCUT2D eigenvalue weighted by atomic mass is 79.9. The molecule has 0 fully saturated rings. The van der Waals surface area contributed by atoms with Crippen molar-refractivity contribution >= 4 is 115 Å². The number of aliphatic imine (C=N–C) groups is 1. The van der Waals surface area contributed by atoms with Crippen LogP contribution in [0.25, 0.3) is 75.9 Å². The second-order valence-electron chi connectivity index (χ2n) is 14.0. The number of benzene rings is 5. The van der Waals surface area contributed by atoms with E-state index >= 15 is 0 Å². The van der Waals surface area contributed by atoms with E-state index in [-0.39, 0.29) is 5.92 Å². The van der Waals surface area contributed by atoms with Crippen molar-refractivity contribution in [3.05, 3.63) is 148 Å². The lowest BCUT2D eigenvalue weighted by Gasteiger charge is -2.23. The van der Waals surface area contributed by atoms with E-state index in [0.29, 0.717) is 5.92 Å². The number of para-hydroxylation sites is 1. The zero-order valence-corrected chi connectivity index (χ0v) is 30.3. The van der Waals surface area contributed by atoms with Crippen LogP contribution >= 0.6 is 27.3 Å². The number of aryl methyl sites for hydroxylation is 2. The highest BCUT2D eigenvalue weighted by molar-refractivity contribution is 9.12. The maximum absolute atomic E-state index is 6.57. The molecular formula is C46H31BrN2OS. The number of allylic oxidation sites excluding steroid dienone is 7. The van der Waals surface area contributed by atoms with Crippen LogP contribution in [-0.2, 0) is 6.42 Å². The minimum atomic E-state index is 0.213. The molecule has 3 nitrogen and oxygen atoms in total. The number of rotatable bonds is 2. The van der Waals surface area contributed by atoms with Gasteiger partial charge in [-0.3, -0.25) is 4.57 Å². The average molecular weight is 740 g/mol. The Hall–Kier alpha value is -5.23. The van der Waals surface area contributed by atoms with Crippen LogP contribution in [-0.4, -0.2) is 10.4 Å². The molecular weight excluding hydrogens is 708 g/mol. The van der Waals surface area contributed by atoms with Gasteiger partial charge in [0.1, 0.15) is 11.3 Å². The Balaban J connectivity index is 1.24. The molecule has 3 heterocycles. The van der Waals surface area contributed by atoms with Crippen LogP contribution in [0.3, 0.4) is 0 Å². The van der Waals surface area contributed by atoms with Gasteiger partial charge in [0, 0.05) is 49.0 Å². The number of hydrogen-bond acceptors (Lipinski definition) is 3. The minimum absolute atomic E-state index is 0.213. The van der Waals surface area contributed by atoms with E-state index in [2.05, 4.69) is 155 Å². The number of furan rings is 1. The lowest BCUT2D eigenvalue weighted by molar-refractivity contribution is 0.492. The predicted molar refractivity (Wildman–Crippen MR) is 222 cm³/mol. The van der Waals surface area contributed by atoms with Crippen molar-refractivity contribution in [2.45, 2.75) is 25.7 Å². The minimum Gasteiger partial charge on any atom is -0.460 e. The fourth-order valence-corrected chi connectivity index (χ4v) is 10.5. The highest BCUT2D eigenvalue weighted by Crippen LogP contribution is 2.49. The summed E-state index contributed by atoms with van der Waals surface area (Å²) in [4.78, 5) is 5.51. The summed E-state index contributed by atoms with van der Waals surface area (Å²) >= 11 is 5.79. The van der Waals surface area contributed by atoms with E-state index < -0.39 is 0 Å². The first-order chi connectivity index (χ1) is 25.0. The third kappa shape index (κ3) is 4.13. The first-order valence-electron chi connectivity index (χ1n) is 17.6. The Morgan fingerprint density at radius 1 is 0.863 bits per heavy atom. The van der Waals surface area contributed by atoms with Crippen LogP contribution in [0.1, 0.15) is 40.4 Å². The monoisotopic (exact) mass is 738 g/mol. The molecule has 0 bridgehead atoms. The Kier molecular flexibility index (Phi) is 6.29. The summed E-state index contributed by atoms with van der Waals surface area (Å²) in [6.45, 7) is 6.60. The third-order valence-corrected chi connectivity index (χ3v) is 12.8. The molecule has 244 valence electrons. The summed E-state index contributed by atoms with van der Waals surface area (Å²) in [7, 11) is 0. The lowest BCUT2D eigenvalue weighted by atomic mass is 9.81. The van der Waals surface area contributed by atoms with Gasteiger partial charge in [-0.2, -0.15) is 0 Å². The third-order valence-electron chi connectivity index (χ3n) is 11.1. The first kappa shape index (κ1) is 29.5. The van der Waals surface area contributed by atoms with Crippen molar-refractivity contribution in [1.82, 2.24) is 4.57 Å². The molecule has 0 N–H and O–H groups in total. The molecule has 0 aliphatic heterocycles. The molecule has 0 saturated heterocycles. The number of aromatic nitrogens is 1. The van der Waals surface area contributed by atoms with Gasteiger partial charge in [0.15, 0.2) is 5.84 Å². The van der Waals surface area contributed by atoms with Crippen LogP contribution in [0.5, 0.6) is 0 Å². The predicted octanol–water partition coefficient (Wildman–Crippen LogP) is 13.7. The molecule has 3 aliphatic carbocycles. The normalized spacial score (nSPS) is 18.1. The van der Waals surface area contributed by atoms with Crippen molar-refractivity contribution in [1.29, 1.82) is 0 Å². The van der Waals surface area contributed by atoms with Gasteiger partial charge in [0.25, 0.3) is 0 Å². The van der Waals surface area contributed by atoms with Crippen LogP contribution in [0.4, 0.5) is 5.69 Å². The fraction of sp³-hybridized carbons (Fsp3) is 0.109. The Morgan fingerprint density at radius 3 is 2.53 bits per heavy atom. The number of fused-ring (bicyclic) bond motifs is 17. The molecule has 5 heteroatoms. The van der Waals surface area contributed by atoms with Gasteiger partial charge in [0.05, 0.1) is 25.9 Å². The van der Waals surface area contributed by atoms with Gasteiger partial charge in [0.2, 0.25) is 0 Å². The summed E-state index contributed by atoms with van der Waals surface area (Å²) in [5.74, 6) is 2.34. The molecule has 0 spiro atoms. The average Bonchev–Trinajstić information content (AvgIpc) is 3.84. The summed E-state index contributed by atoms with van der Waals surface area (Å²) in [6.07, 6.45) is 20.0. The van der Waals surface area contributed by atoms with E-state index in [4.69, 9.17) is 9.41 Å². The van der Waals surface area contributed by atoms with E-state index in [1.54, 1.807) is 0 Å². The van der Waals surface area contributed by atoms with Crippen molar-refractivity contribution in [3.8, 4) is 0 Å². The lowest BCUT2D eigenvalue weighted by Crippen LogP contribution is -2.11. The van der Waals surface area contributed by atoms with E-state index in [1.807, 2.05) is 11.3 Å². The van der Waals surface area contributed by atoms with Gasteiger partial charge < -0.3 is 4.42 Å². The summed E-state index contributed by atoms with van der Waals surface area (Å²) in [5, 5.41) is 8.75. The number of hydrogen-bond donors (Lipinski definition) is 0.